The molecule has 3 nitrogen and oxygen atoms in total. The molecule has 0 amide bonds. The minimum Gasteiger partial charge on any atom is -0.504 e. The van der Waals surface area contributed by atoms with Gasteiger partial charge in [-0.05, 0) is 37.8 Å². The Bertz CT molecular complexity index is 460. The highest BCUT2D eigenvalue weighted by atomic mass is 79.9. The number of alkyl halides is 1. The smallest absolute Gasteiger partial charge is 0.203 e. The van der Waals surface area contributed by atoms with Crippen LogP contribution in [0.5, 0.6) is 17.2 Å². The predicted octanol–water partition coefficient (Wildman–Crippen LogP) is 5.78. The van der Waals surface area contributed by atoms with Gasteiger partial charge in [0.05, 0.1) is 14.2 Å². The van der Waals surface area contributed by atoms with Crippen molar-refractivity contribution in [1.29, 1.82) is 0 Å². The lowest BCUT2D eigenvalue weighted by Crippen LogP contribution is -1.98. The number of ether oxygens (including phenoxy) is 2. The number of rotatable bonds is 12. The maximum absolute atomic E-state index is 10.4. The molecular weight excluding hydrogens is 356 g/mol. The van der Waals surface area contributed by atoms with Crippen molar-refractivity contribution in [2.75, 3.05) is 19.5 Å². The average molecular weight is 387 g/mol. The summed E-state index contributed by atoms with van der Waals surface area (Å²) in [5.41, 5.74) is 2.05. The van der Waals surface area contributed by atoms with Gasteiger partial charge in [-0.2, -0.15) is 0 Å². The fourth-order valence-electron chi connectivity index (χ4n) is 2.91. The standard InChI is InChI=1S/C19H31BrO3/c1-15-14-17(22-2)19(23-3)18(21)16(15)12-10-8-6-4-5-7-9-11-13-20/h14,21H,4-13H2,1-3H3. The lowest BCUT2D eigenvalue weighted by atomic mass is 9.99. The zero-order valence-corrected chi connectivity index (χ0v) is 16.4. The van der Waals surface area contributed by atoms with Crippen LogP contribution in [0, 0.1) is 6.92 Å². The highest BCUT2D eigenvalue weighted by Crippen LogP contribution is 2.41. The van der Waals surface area contributed by atoms with Gasteiger partial charge in [0.2, 0.25) is 5.75 Å². The summed E-state index contributed by atoms with van der Waals surface area (Å²) in [6.45, 7) is 2.01. The fraction of sp³-hybridized carbons (Fsp3) is 0.684. The summed E-state index contributed by atoms with van der Waals surface area (Å²) < 4.78 is 10.5. The second-order valence-corrected chi connectivity index (χ2v) is 6.82. The van der Waals surface area contributed by atoms with Gasteiger partial charge in [0, 0.05) is 10.9 Å². The van der Waals surface area contributed by atoms with E-state index < -0.39 is 0 Å². The van der Waals surface area contributed by atoms with Gasteiger partial charge in [-0.25, -0.2) is 0 Å². The van der Waals surface area contributed by atoms with Crippen LogP contribution in [0.3, 0.4) is 0 Å². The molecule has 23 heavy (non-hydrogen) atoms. The van der Waals surface area contributed by atoms with E-state index in [1.54, 1.807) is 14.2 Å². The van der Waals surface area contributed by atoms with Crippen LogP contribution in [0.1, 0.15) is 62.5 Å². The molecule has 0 unspecified atom stereocenters. The maximum atomic E-state index is 10.4. The summed E-state index contributed by atoms with van der Waals surface area (Å²) in [4.78, 5) is 0. The van der Waals surface area contributed by atoms with Crippen molar-refractivity contribution >= 4 is 15.9 Å². The third-order valence-corrected chi connectivity index (χ3v) is 4.84. The quantitative estimate of drug-likeness (QED) is 0.365. The Balaban J connectivity index is 2.38. The molecule has 1 rings (SSSR count). The summed E-state index contributed by atoms with van der Waals surface area (Å²) in [5, 5.41) is 11.5. The Hall–Kier alpha value is -0.900. The van der Waals surface area contributed by atoms with Gasteiger partial charge in [0.15, 0.2) is 11.5 Å². The van der Waals surface area contributed by atoms with E-state index in [0.717, 1.165) is 29.3 Å². The summed E-state index contributed by atoms with van der Waals surface area (Å²) in [7, 11) is 3.15. The lowest BCUT2D eigenvalue weighted by Gasteiger charge is -2.15. The van der Waals surface area contributed by atoms with Crippen LogP contribution in [0.25, 0.3) is 0 Å². The largest absolute Gasteiger partial charge is 0.504 e. The SMILES string of the molecule is COc1cc(C)c(CCCCCCCCCCBr)c(O)c1OC. The molecule has 1 aromatic carbocycles. The molecule has 0 aliphatic heterocycles. The van der Waals surface area contributed by atoms with Gasteiger partial charge in [-0.1, -0.05) is 54.5 Å². The van der Waals surface area contributed by atoms with Crippen LogP contribution >= 0.6 is 15.9 Å². The molecule has 1 N–H and O–H groups in total. The number of hydrogen-bond donors (Lipinski definition) is 1. The van der Waals surface area contributed by atoms with Crippen LogP contribution in [0.15, 0.2) is 6.07 Å². The van der Waals surface area contributed by atoms with Crippen molar-refractivity contribution in [2.45, 2.75) is 64.7 Å². The molecule has 0 radical (unpaired) electrons. The highest BCUT2D eigenvalue weighted by molar-refractivity contribution is 9.09. The van der Waals surface area contributed by atoms with Crippen LogP contribution in [0.4, 0.5) is 0 Å². The lowest BCUT2D eigenvalue weighted by molar-refractivity contribution is 0.330. The first-order chi connectivity index (χ1) is 11.2. The number of aryl methyl sites for hydroxylation is 1. The molecule has 4 heteroatoms. The Morgan fingerprint density at radius 3 is 2.00 bits per heavy atom. The molecule has 0 atom stereocenters. The minimum atomic E-state index is 0.235. The highest BCUT2D eigenvalue weighted by Gasteiger charge is 2.16. The van der Waals surface area contributed by atoms with Crippen LogP contribution < -0.4 is 9.47 Å². The van der Waals surface area contributed by atoms with Crippen molar-refractivity contribution in [3.8, 4) is 17.2 Å². The maximum Gasteiger partial charge on any atom is 0.203 e. The topological polar surface area (TPSA) is 38.7 Å². The third kappa shape index (κ3) is 6.62. The number of aromatic hydroxyl groups is 1. The van der Waals surface area contributed by atoms with E-state index in [-0.39, 0.29) is 5.75 Å². The first-order valence-corrected chi connectivity index (χ1v) is 9.77. The van der Waals surface area contributed by atoms with E-state index in [9.17, 15) is 5.11 Å². The van der Waals surface area contributed by atoms with E-state index in [0.29, 0.717) is 11.5 Å². The number of unbranched alkanes of at least 4 members (excludes halogenated alkanes) is 7. The van der Waals surface area contributed by atoms with Crippen LogP contribution in [-0.2, 0) is 6.42 Å². The molecule has 0 saturated heterocycles. The van der Waals surface area contributed by atoms with Crippen molar-refractivity contribution < 1.29 is 14.6 Å². The first-order valence-electron chi connectivity index (χ1n) is 8.65. The number of benzene rings is 1. The van der Waals surface area contributed by atoms with Gasteiger partial charge in [0.1, 0.15) is 0 Å². The number of halogens is 1. The van der Waals surface area contributed by atoms with Gasteiger partial charge in [-0.15, -0.1) is 0 Å². The summed E-state index contributed by atoms with van der Waals surface area (Å²) in [6.07, 6.45) is 11.1. The minimum absolute atomic E-state index is 0.235. The van der Waals surface area contributed by atoms with E-state index in [1.807, 2.05) is 13.0 Å². The van der Waals surface area contributed by atoms with Crippen molar-refractivity contribution in [3.63, 3.8) is 0 Å². The van der Waals surface area contributed by atoms with Crippen LogP contribution in [-0.4, -0.2) is 24.7 Å². The molecule has 132 valence electrons. The molecule has 0 aromatic heterocycles. The van der Waals surface area contributed by atoms with Gasteiger partial charge < -0.3 is 14.6 Å². The second-order valence-electron chi connectivity index (χ2n) is 6.02. The Morgan fingerprint density at radius 2 is 1.48 bits per heavy atom. The molecule has 0 fully saturated rings. The van der Waals surface area contributed by atoms with Gasteiger partial charge >= 0.3 is 0 Å². The Labute approximate surface area is 149 Å². The molecule has 0 heterocycles. The van der Waals surface area contributed by atoms with E-state index in [1.165, 1.54) is 44.9 Å². The third-order valence-electron chi connectivity index (χ3n) is 4.28. The van der Waals surface area contributed by atoms with Gasteiger partial charge in [0.25, 0.3) is 0 Å². The van der Waals surface area contributed by atoms with Crippen molar-refractivity contribution in [3.05, 3.63) is 17.2 Å². The zero-order chi connectivity index (χ0) is 17.1. The second kappa shape index (κ2) is 11.6. The zero-order valence-electron chi connectivity index (χ0n) is 14.8. The molecule has 0 aliphatic rings. The van der Waals surface area contributed by atoms with E-state index in [2.05, 4.69) is 15.9 Å². The number of phenols is 1. The number of hydrogen-bond acceptors (Lipinski definition) is 3. The van der Waals surface area contributed by atoms with Crippen molar-refractivity contribution in [1.82, 2.24) is 0 Å². The van der Waals surface area contributed by atoms with Crippen molar-refractivity contribution in [2.24, 2.45) is 0 Å². The average Bonchev–Trinajstić information content (AvgIpc) is 2.55. The normalized spacial score (nSPS) is 10.8. The predicted molar refractivity (Wildman–Crippen MR) is 100 cm³/mol. The summed E-state index contributed by atoms with van der Waals surface area (Å²) >= 11 is 3.47. The van der Waals surface area contributed by atoms with Gasteiger partial charge in [-0.3, -0.25) is 0 Å². The first kappa shape index (κ1) is 20.1. The Kier molecular flexibility index (Phi) is 10.2. The number of methoxy groups -OCH3 is 2. The van der Waals surface area contributed by atoms with E-state index in [4.69, 9.17) is 9.47 Å². The summed E-state index contributed by atoms with van der Waals surface area (Å²) in [5.74, 6) is 1.27. The fourth-order valence-corrected chi connectivity index (χ4v) is 3.31. The molecule has 0 aliphatic carbocycles. The molecule has 0 spiro atoms. The van der Waals surface area contributed by atoms with E-state index >= 15 is 0 Å². The monoisotopic (exact) mass is 386 g/mol. The summed E-state index contributed by atoms with van der Waals surface area (Å²) in [6, 6.07) is 1.94. The Morgan fingerprint density at radius 1 is 0.913 bits per heavy atom. The van der Waals surface area contributed by atoms with Crippen LogP contribution in [0.2, 0.25) is 0 Å². The molecule has 1 aromatic rings. The number of phenolic OH excluding ortho intramolecular Hbond substituents is 1. The molecular formula is C19H31BrO3. The molecule has 0 bridgehead atoms. The molecule has 0 saturated carbocycles.